The van der Waals surface area contributed by atoms with Crippen molar-refractivity contribution in [2.75, 3.05) is 6.54 Å². The molecular weight excluding hydrogens is 192 g/mol. The Morgan fingerprint density at radius 3 is 2.80 bits per heavy atom. The van der Waals surface area contributed by atoms with Crippen molar-refractivity contribution in [2.45, 2.75) is 32.9 Å². The first kappa shape index (κ1) is 11.7. The number of rotatable bonds is 3. The molecule has 0 aliphatic rings. The second kappa shape index (κ2) is 4.44. The fraction of sp³-hybridized carbons (Fsp3) is 0.600. The molecule has 0 unspecified atom stereocenters. The highest BCUT2D eigenvalue weighted by Gasteiger charge is 2.16. The number of amides is 1. The van der Waals surface area contributed by atoms with E-state index in [0.717, 1.165) is 0 Å². The topological polar surface area (TPSA) is 72.9 Å². The van der Waals surface area contributed by atoms with Gasteiger partial charge in [0.05, 0.1) is 6.33 Å². The van der Waals surface area contributed by atoms with Gasteiger partial charge < -0.3 is 15.6 Å². The maximum Gasteiger partial charge on any atom is 0.271 e. The SMILES string of the molecule is CC(C)(C)NC(=O)c1cn(CCN)cn1. The summed E-state index contributed by atoms with van der Waals surface area (Å²) in [6.07, 6.45) is 3.32. The van der Waals surface area contributed by atoms with Gasteiger partial charge in [-0.2, -0.15) is 0 Å². The molecule has 15 heavy (non-hydrogen) atoms. The summed E-state index contributed by atoms with van der Waals surface area (Å²) in [6.45, 7) is 7.01. The summed E-state index contributed by atoms with van der Waals surface area (Å²) in [7, 11) is 0. The van der Waals surface area contributed by atoms with Crippen LogP contribution in [0.1, 0.15) is 31.3 Å². The second-order valence-corrected chi connectivity index (χ2v) is 4.49. The molecule has 0 saturated carbocycles. The Kier molecular flexibility index (Phi) is 3.47. The zero-order chi connectivity index (χ0) is 11.5. The second-order valence-electron chi connectivity index (χ2n) is 4.49. The minimum atomic E-state index is -0.241. The van der Waals surface area contributed by atoms with Gasteiger partial charge in [0.15, 0.2) is 0 Å². The summed E-state index contributed by atoms with van der Waals surface area (Å²) in [4.78, 5) is 15.7. The summed E-state index contributed by atoms with van der Waals surface area (Å²) in [5.74, 6) is -0.154. The molecular formula is C10H18N4O. The fourth-order valence-corrected chi connectivity index (χ4v) is 1.15. The average molecular weight is 210 g/mol. The van der Waals surface area contributed by atoms with E-state index in [9.17, 15) is 4.79 Å². The lowest BCUT2D eigenvalue weighted by Crippen LogP contribution is -2.40. The molecule has 5 nitrogen and oxygen atoms in total. The van der Waals surface area contributed by atoms with Crippen LogP contribution in [-0.4, -0.2) is 27.5 Å². The van der Waals surface area contributed by atoms with E-state index in [0.29, 0.717) is 18.8 Å². The third kappa shape index (κ3) is 3.71. The summed E-state index contributed by atoms with van der Waals surface area (Å²) in [6, 6.07) is 0. The van der Waals surface area contributed by atoms with Gasteiger partial charge in [0, 0.05) is 24.8 Å². The quantitative estimate of drug-likeness (QED) is 0.757. The largest absolute Gasteiger partial charge is 0.346 e. The van der Waals surface area contributed by atoms with Crippen molar-refractivity contribution in [1.29, 1.82) is 0 Å². The van der Waals surface area contributed by atoms with Crippen molar-refractivity contribution in [3.8, 4) is 0 Å². The van der Waals surface area contributed by atoms with E-state index in [2.05, 4.69) is 10.3 Å². The lowest BCUT2D eigenvalue weighted by atomic mass is 10.1. The Morgan fingerprint density at radius 2 is 2.27 bits per heavy atom. The lowest BCUT2D eigenvalue weighted by molar-refractivity contribution is 0.0915. The third-order valence-electron chi connectivity index (χ3n) is 1.74. The van der Waals surface area contributed by atoms with Gasteiger partial charge in [-0.15, -0.1) is 0 Å². The van der Waals surface area contributed by atoms with Gasteiger partial charge in [0.2, 0.25) is 0 Å². The smallest absolute Gasteiger partial charge is 0.271 e. The summed E-state index contributed by atoms with van der Waals surface area (Å²) >= 11 is 0. The normalized spacial score (nSPS) is 11.5. The van der Waals surface area contributed by atoms with E-state index in [1.165, 1.54) is 0 Å². The van der Waals surface area contributed by atoms with Gasteiger partial charge in [-0.25, -0.2) is 4.98 Å². The lowest BCUT2D eigenvalue weighted by Gasteiger charge is -2.19. The van der Waals surface area contributed by atoms with E-state index < -0.39 is 0 Å². The van der Waals surface area contributed by atoms with Crippen LogP contribution in [0.15, 0.2) is 12.5 Å². The van der Waals surface area contributed by atoms with Crippen LogP contribution in [0.2, 0.25) is 0 Å². The molecule has 0 aliphatic carbocycles. The minimum Gasteiger partial charge on any atom is -0.346 e. The van der Waals surface area contributed by atoms with Crippen molar-refractivity contribution in [3.05, 3.63) is 18.2 Å². The Hall–Kier alpha value is -1.36. The summed E-state index contributed by atoms with van der Waals surface area (Å²) in [5.41, 5.74) is 5.59. The molecule has 1 heterocycles. The highest BCUT2D eigenvalue weighted by Crippen LogP contribution is 2.02. The van der Waals surface area contributed by atoms with Crippen LogP contribution >= 0.6 is 0 Å². The maximum atomic E-state index is 11.7. The molecule has 5 heteroatoms. The highest BCUT2D eigenvalue weighted by molar-refractivity contribution is 5.92. The van der Waals surface area contributed by atoms with Crippen molar-refractivity contribution >= 4 is 5.91 Å². The van der Waals surface area contributed by atoms with Gasteiger partial charge in [0.1, 0.15) is 5.69 Å². The van der Waals surface area contributed by atoms with E-state index in [4.69, 9.17) is 5.73 Å². The monoisotopic (exact) mass is 210 g/mol. The number of carbonyl (C=O) groups excluding carboxylic acids is 1. The molecule has 1 aromatic heterocycles. The Labute approximate surface area is 89.7 Å². The molecule has 0 aliphatic heterocycles. The number of aromatic nitrogens is 2. The first-order valence-corrected chi connectivity index (χ1v) is 4.97. The molecule has 0 bridgehead atoms. The van der Waals surface area contributed by atoms with E-state index in [-0.39, 0.29) is 11.4 Å². The molecule has 0 aromatic carbocycles. The van der Waals surface area contributed by atoms with Crippen LogP contribution < -0.4 is 11.1 Å². The number of carbonyl (C=O) groups is 1. The van der Waals surface area contributed by atoms with E-state index in [1.807, 2.05) is 20.8 Å². The summed E-state index contributed by atoms with van der Waals surface area (Å²) < 4.78 is 1.80. The first-order chi connectivity index (χ1) is 6.92. The highest BCUT2D eigenvalue weighted by atomic mass is 16.2. The molecule has 84 valence electrons. The van der Waals surface area contributed by atoms with Crippen molar-refractivity contribution in [1.82, 2.24) is 14.9 Å². The predicted molar refractivity (Wildman–Crippen MR) is 58.5 cm³/mol. The zero-order valence-electron chi connectivity index (χ0n) is 9.45. The van der Waals surface area contributed by atoms with Gasteiger partial charge in [0.25, 0.3) is 5.91 Å². The zero-order valence-corrected chi connectivity index (χ0v) is 9.45. The fourth-order valence-electron chi connectivity index (χ4n) is 1.15. The Bertz CT molecular complexity index is 337. The first-order valence-electron chi connectivity index (χ1n) is 4.97. The van der Waals surface area contributed by atoms with Gasteiger partial charge in [-0.3, -0.25) is 4.79 Å². The number of nitrogens with two attached hydrogens (primary N) is 1. The molecule has 3 N–H and O–H groups in total. The predicted octanol–water partition coefficient (Wildman–Crippen LogP) is 0.370. The van der Waals surface area contributed by atoms with E-state index >= 15 is 0 Å². The van der Waals surface area contributed by atoms with Crippen LogP contribution in [0, 0.1) is 0 Å². The molecule has 0 atom stereocenters. The molecule has 1 amide bonds. The van der Waals surface area contributed by atoms with Crippen molar-refractivity contribution < 1.29 is 4.79 Å². The van der Waals surface area contributed by atoms with Gasteiger partial charge in [-0.1, -0.05) is 0 Å². The van der Waals surface area contributed by atoms with Crippen LogP contribution in [0.25, 0.3) is 0 Å². The van der Waals surface area contributed by atoms with Crippen LogP contribution in [0.3, 0.4) is 0 Å². The summed E-state index contributed by atoms with van der Waals surface area (Å²) in [5, 5.41) is 2.84. The van der Waals surface area contributed by atoms with Gasteiger partial charge in [-0.05, 0) is 20.8 Å². The number of hydrogen-bond donors (Lipinski definition) is 2. The number of nitrogens with one attached hydrogen (secondary N) is 1. The minimum absolute atomic E-state index is 0.154. The van der Waals surface area contributed by atoms with Crippen molar-refractivity contribution in [3.63, 3.8) is 0 Å². The molecule has 0 spiro atoms. The van der Waals surface area contributed by atoms with Crippen LogP contribution in [-0.2, 0) is 6.54 Å². The number of nitrogens with zero attached hydrogens (tertiary/aromatic N) is 2. The Morgan fingerprint density at radius 1 is 1.60 bits per heavy atom. The molecule has 0 saturated heterocycles. The molecule has 1 rings (SSSR count). The number of hydrogen-bond acceptors (Lipinski definition) is 3. The van der Waals surface area contributed by atoms with Crippen LogP contribution in [0.5, 0.6) is 0 Å². The third-order valence-corrected chi connectivity index (χ3v) is 1.74. The average Bonchev–Trinajstić information content (AvgIpc) is 2.50. The maximum absolute atomic E-state index is 11.7. The standard InChI is InChI=1S/C10H18N4O/c1-10(2,3)13-9(15)8-6-14(5-4-11)7-12-8/h6-7H,4-5,11H2,1-3H3,(H,13,15). The number of imidazole rings is 1. The molecule has 0 radical (unpaired) electrons. The van der Waals surface area contributed by atoms with E-state index in [1.54, 1.807) is 17.1 Å². The van der Waals surface area contributed by atoms with Gasteiger partial charge >= 0.3 is 0 Å². The van der Waals surface area contributed by atoms with Crippen LogP contribution in [0.4, 0.5) is 0 Å². The Balaban J connectivity index is 2.66. The molecule has 0 fully saturated rings. The van der Waals surface area contributed by atoms with Crippen molar-refractivity contribution in [2.24, 2.45) is 5.73 Å². The molecule has 1 aromatic rings.